The van der Waals surface area contributed by atoms with Crippen LogP contribution < -0.4 is 10.6 Å². The molecule has 0 aromatic rings. The molecule has 0 saturated carbocycles. The van der Waals surface area contributed by atoms with E-state index < -0.39 is 0 Å². The van der Waals surface area contributed by atoms with Crippen molar-refractivity contribution < 1.29 is 4.79 Å². The van der Waals surface area contributed by atoms with Gasteiger partial charge in [-0.1, -0.05) is 0 Å². The van der Waals surface area contributed by atoms with Crippen molar-refractivity contribution in [3.05, 3.63) is 0 Å². The van der Waals surface area contributed by atoms with Crippen LogP contribution in [0.2, 0.25) is 0 Å². The summed E-state index contributed by atoms with van der Waals surface area (Å²) in [7, 11) is 2.01. The summed E-state index contributed by atoms with van der Waals surface area (Å²) in [4.78, 5) is 17.0. The van der Waals surface area contributed by atoms with Gasteiger partial charge in [0.15, 0.2) is 0 Å². The molecule has 138 valence electrons. The van der Waals surface area contributed by atoms with Gasteiger partial charge in [-0.15, -0.1) is 24.8 Å². The number of halogens is 2. The molecule has 2 rings (SSSR count). The van der Waals surface area contributed by atoms with Gasteiger partial charge in [0.2, 0.25) is 5.91 Å². The Hall–Kier alpha value is -0.0700. The molecule has 0 aliphatic carbocycles. The van der Waals surface area contributed by atoms with Crippen molar-refractivity contribution in [3.63, 3.8) is 0 Å². The number of carbonyl (C=O) groups is 1. The topological polar surface area (TPSA) is 47.6 Å². The number of likely N-dealkylation sites (N-methyl/N-ethyl adjacent to an activating group) is 1. The number of likely N-dealkylation sites (tertiary alicyclic amines) is 2. The molecule has 2 saturated heterocycles. The van der Waals surface area contributed by atoms with Gasteiger partial charge in [-0.2, -0.15) is 0 Å². The Kier molecular flexibility index (Phi) is 11.4. The fraction of sp³-hybridized carbons (Fsp3) is 0.938. The molecule has 23 heavy (non-hydrogen) atoms. The van der Waals surface area contributed by atoms with Crippen molar-refractivity contribution in [2.24, 2.45) is 0 Å². The van der Waals surface area contributed by atoms with Crippen LogP contribution in [0.15, 0.2) is 0 Å². The third-order valence-corrected chi connectivity index (χ3v) is 4.91. The largest absolute Gasteiger partial charge is 0.352 e. The predicted octanol–water partition coefficient (Wildman–Crippen LogP) is 1.50. The van der Waals surface area contributed by atoms with E-state index in [1.165, 1.54) is 12.8 Å². The summed E-state index contributed by atoms with van der Waals surface area (Å²) in [5.74, 6) is 0.203. The second-order valence-electron chi connectivity index (χ2n) is 6.83. The van der Waals surface area contributed by atoms with E-state index in [-0.39, 0.29) is 30.7 Å². The lowest BCUT2D eigenvalue weighted by atomic mass is 10.0. The van der Waals surface area contributed by atoms with Crippen LogP contribution in [0, 0.1) is 0 Å². The summed E-state index contributed by atoms with van der Waals surface area (Å²) in [5.41, 5.74) is 0. The highest BCUT2D eigenvalue weighted by Crippen LogP contribution is 2.13. The maximum absolute atomic E-state index is 12.2. The summed E-state index contributed by atoms with van der Waals surface area (Å²) in [5, 5.41) is 6.56. The number of piperidine rings is 2. The average molecular weight is 369 g/mol. The normalized spacial score (nSPS) is 23.9. The minimum Gasteiger partial charge on any atom is -0.352 e. The number of nitrogens with one attached hydrogen (secondary N) is 2. The first-order valence-corrected chi connectivity index (χ1v) is 8.51. The van der Waals surface area contributed by atoms with Gasteiger partial charge in [0.1, 0.15) is 0 Å². The molecule has 0 aromatic carbocycles. The summed E-state index contributed by atoms with van der Waals surface area (Å²) in [6.07, 6.45) is 4.58. The zero-order valence-electron chi connectivity index (χ0n) is 14.7. The Morgan fingerprint density at radius 3 is 2.30 bits per heavy atom. The van der Waals surface area contributed by atoms with Crippen LogP contribution in [0.1, 0.15) is 39.5 Å². The highest BCUT2D eigenvalue weighted by molar-refractivity contribution is 5.85. The molecular formula is C16H34Cl2N4O. The van der Waals surface area contributed by atoms with Crippen molar-refractivity contribution in [2.75, 3.05) is 39.8 Å². The fourth-order valence-electron chi connectivity index (χ4n) is 3.47. The average Bonchev–Trinajstić information content (AvgIpc) is 2.47. The molecule has 0 bridgehead atoms. The Labute approximate surface area is 153 Å². The number of hydrogen-bond donors (Lipinski definition) is 2. The minimum absolute atomic E-state index is 0. The highest BCUT2D eigenvalue weighted by atomic mass is 35.5. The predicted molar refractivity (Wildman–Crippen MR) is 101 cm³/mol. The quantitative estimate of drug-likeness (QED) is 0.771. The van der Waals surface area contributed by atoms with E-state index in [0.717, 1.165) is 39.0 Å². The van der Waals surface area contributed by atoms with E-state index in [2.05, 4.69) is 34.3 Å². The number of amides is 1. The first-order chi connectivity index (χ1) is 10.1. The van der Waals surface area contributed by atoms with Crippen molar-refractivity contribution in [1.82, 2.24) is 20.4 Å². The lowest BCUT2D eigenvalue weighted by molar-refractivity contribution is -0.123. The third kappa shape index (κ3) is 7.57. The SMILES string of the molecule is CNC1CCCN(CC(=O)NC2CCN(C(C)C)CC2)C1.Cl.Cl. The zero-order valence-corrected chi connectivity index (χ0v) is 16.3. The van der Waals surface area contributed by atoms with Gasteiger partial charge in [0.05, 0.1) is 6.54 Å². The van der Waals surface area contributed by atoms with Crippen LogP contribution in [0.3, 0.4) is 0 Å². The molecule has 1 atom stereocenters. The van der Waals surface area contributed by atoms with E-state index in [1.54, 1.807) is 0 Å². The minimum atomic E-state index is 0. The molecule has 7 heteroatoms. The van der Waals surface area contributed by atoms with Gasteiger partial charge in [-0.25, -0.2) is 0 Å². The highest BCUT2D eigenvalue weighted by Gasteiger charge is 2.24. The summed E-state index contributed by atoms with van der Waals surface area (Å²) in [6, 6.07) is 1.53. The molecule has 2 aliphatic rings. The molecule has 1 unspecified atom stereocenters. The first kappa shape index (κ1) is 22.9. The van der Waals surface area contributed by atoms with Crippen LogP contribution in [0.4, 0.5) is 0 Å². The molecule has 0 spiro atoms. The maximum Gasteiger partial charge on any atom is 0.234 e. The molecule has 2 fully saturated rings. The third-order valence-electron chi connectivity index (χ3n) is 4.91. The second-order valence-corrected chi connectivity index (χ2v) is 6.83. The maximum atomic E-state index is 12.2. The Balaban J connectivity index is 0.00000242. The Morgan fingerprint density at radius 1 is 1.09 bits per heavy atom. The number of rotatable bonds is 5. The smallest absolute Gasteiger partial charge is 0.234 e. The van der Waals surface area contributed by atoms with E-state index in [1.807, 2.05) is 7.05 Å². The number of hydrogen-bond acceptors (Lipinski definition) is 4. The molecular weight excluding hydrogens is 335 g/mol. The molecule has 2 N–H and O–H groups in total. The zero-order chi connectivity index (χ0) is 15.2. The Morgan fingerprint density at radius 2 is 1.74 bits per heavy atom. The Bertz CT molecular complexity index is 336. The van der Waals surface area contributed by atoms with Gasteiger partial charge < -0.3 is 15.5 Å². The van der Waals surface area contributed by atoms with Crippen molar-refractivity contribution in [2.45, 2.75) is 57.7 Å². The lowest BCUT2D eigenvalue weighted by Gasteiger charge is -2.36. The van der Waals surface area contributed by atoms with E-state index in [9.17, 15) is 4.79 Å². The molecule has 0 aromatic heterocycles. The van der Waals surface area contributed by atoms with Crippen LogP contribution >= 0.6 is 24.8 Å². The first-order valence-electron chi connectivity index (χ1n) is 8.51. The molecule has 5 nitrogen and oxygen atoms in total. The lowest BCUT2D eigenvalue weighted by Crippen LogP contribution is -2.51. The summed E-state index contributed by atoms with van der Waals surface area (Å²) < 4.78 is 0. The fourth-order valence-corrected chi connectivity index (χ4v) is 3.47. The summed E-state index contributed by atoms with van der Waals surface area (Å²) >= 11 is 0. The van der Waals surface area contributed by atoms with Crippen LogP contribution in [-0.4, -0.2) is 73.6 Å². The van der Waals surface area contributed by atoms with Crippen LogP contribution in [0.25, 0.3) is 0 Å². The molecule has 1 amide bonds. The molecule has 2 aliphatic heterocycles. The van der Waals surface area contributed by atoms with Gasteiger partial charge in [0, 0.05) is 37.8 Å². The van der Waals surface area contributed by atoms with Crippen molar-refractivity contribution >= 4 is 30.7 Å². The number of nitrogens with zero attached hydrogens (tertiary/aromatic N) is 2. The van der Waals surface area contributed by atoms with Gasteiger partial charge in [0.25, 0.3) is 0 Å². The van der Waals surface area contributed by atoms with E-state index >= 15 is 0 Å². The van der Waals surface area contributed by atoms with Crippen molar-refractivity contribution in [1.29, 1.82) is 0 Å². The van der Waals surface area contributed by atoms with Crippen LogP contribution in [-0.2, 0) is 4.79 Å². The number of carbonyl (C=O) groups excluding carboxylic acids is 1. The second kappa shape index (κ2) is 11.5. The summed E-state index contributed by atoms with van der Waals surface area (Å²) in [6.45, 7) is 9.30. The van der Waals surface area contributed by atoms with E-state index in [4.69, 9.17) is 0 Å². The van der Waals surface area contributed by atoms with Gasteiger partial charge in [-0.3, -0.25) is 9.69 Å². The van der Waals surface area contributed by atoms with Gasteiger partial charge in [-0.05, 0) is 53.1 Å². The van der Waals surface area contributed by atoms with Crippen LogP contribution in [0.5, 0.6) is 0 Å². The van der Waals surface area contributed by atoms with Crippen molar-refractivity contribution in [3.8, 4) is 0 Å². The standard InChI is InChI=1S/C16H32N4O.2ClH/c1-13(2)20-9-6-14(7-10-20)18-16(21)12-19-8-4-5-15(11-19)17-3;;/h13-15,17H,4-12H2,1-3H3,(H,18,21);2*1H. The molecule has 2 heterocycles. The molecule has 0 radical (unpaired) electrons. The monoisotopic (exact) mass is 368 g/mol. The van der Waals surface area contributed by atoms with E-state index in [0.29, 0.717) is 24.7 Å². The van der Waals surface area contributed by atoms with Gasteiger partial charge >= 0.3 is 0 Å².